The van der Waals surface area contributed by atoms with Gasteiger partial charge in [-0.3, -0.25) is 4.68 Å². The molecule has 1 aliphatic rings. The third-order valence-electron chi connectivity index (χ3n) is 3.75. The summed E-state index contributed by atoms with van der Waals surface area (Å²) in [6.45, 7) is 2.18. The second-order valence-corrected chi connectivity index (χ2v) is 5.20. The van der Waals surface area contributed by atoms with Gasteiger partial charge in [0.1, 0.15) is 5.82 Å². The first-order valence-corrected chi connectivity index (χ1v) is 6.97. The molecule has 100 valence electrons. The highest BCUT2D eigenvalue weighted by atomic mass is 15.3. The number of nitrogens with one attached hydrogen (secondary N) is 1. The lowest BCUT2D eigenvalue weighted by molar-refractivity contribution is 0.432. The second kappa shape index (κ2) is 5.53. The molecule has 2 heterocycles. The van der Waals surface area contributed by atoms with Gasteiger partial charge in [-0.05, 0) is 31.5 Å². The molecule has 1 saturated heterocycles. The summed E-state index contributed by atoms with van der Waals surface area (Å²) in [7, 11) is 2.01. The molecule has 3 rings (SSSR count). The van der Waals surface area contributed by atoms with Crippen LogP contribution < -0.4 is 5.32 Å². The monoisotopic (exact) mass is 256 g/mol. The van der Waals surface area contributed by atoms with Gasteiger partial charge in [0, 0.05) is 19.4 Å². The molecule has 1 fully saturated rings. The van der Waals surface area contributed by atoms with Crippen LogP contribution in [0.4, 0.5) is 0 Å². The molecule has 2 aromatic rings. The van der Waals surface area contributed by atoms with Gasteiger partial charge in [-0.1, -0.05) is 30.3 Å². The van der Waals surface area contributed by atoms with Crippen molar-refractivity contribution in [3.8, 4) is 0 Å². The summed E-state index contributed by atoms with van der Waals surface area (Å²) < 4.78 is 1.97. The topological polar surface area (TPSA) is 42.7 Å². The van der Waals surface area contributed by atoms with Crippen LogP contribution in [-0.4, -0.2) is 27.9 Å². The molecular weight excluding hydrogens is 236 g/mol. The van der Waals surface area contributed by atoms with Crippen LogP contribution in [-0.2, 0) is 13.5 Å². The molecule has 1 aromatic carbocycles. The average molecular weight is 256 g/mol. The van der Waals surface area contributed by atoms with E-state index in [0.29, 0.717) is 5.92 Å². The van der Waals surface area contributed by atoms with Gasteiger partial charge in [0.15, 0.2) is 5.82 Å². The summed E-state index contributed by atoms with van der Waals surface area (Å²) in [6.07, 6.45) is 3.15. The molecule has 4 heteroatoms. The minimum absolute atomic E-state index is 0.559. The number of rotatable bonds is 3. The SMILES string of the molecule is Cn1nc(Cc2ccccc2)nc1C1CCNCC1. The van der Waals surface area contributed by atoms with Crippen LogP contribution in [0.2, 0.25) is 0 Å². The maximum atomic E-state index is 4.75. The smallest absolute Gasteiger partial charge is 0.155 e. The zero-order chi connectivity index (χ0) is 13.1. The van der Waals surface area contributed by atoms with E-state index in [-0.39, 0.29) is 0 Å². The lowest BCUT2D eigenvalue weighted by Crippen LogP contribution is -2.28. The van der Waals surface area contributed by atoms with Gasteiger partial charge in [0.25, 0.3) is 0 Å². The van der Waals surface area contributed by atoms with E-state index in [2.05, 4.69) is 34.7 Å². The first-order chi connectivity index (χ1) is 9.33. The van der Waals surface area contributed by atoms with Gasteiger partial charge in [0.05, 0.1) is 0 Å². The number of benzene rings is 1. The maximum Gasteiger partial charge on any atom is 0.155 e. The Bertz CT molecular complexity index is 526. The van der Waals surface area contributed by atoms with Crippen molar-refractivity contribution in [2.75, 3.05) is 13.1 Å². The van der Waals surface area contributed by atoms with Crippen LogP contribution in [0.5, 0.6) is 0 Å². The van der Waals surface area contributed by atoms with E-state index in [1.807, 2.05) is 17.8 Å². The Labute approximate surface area is 113 Å². The third kappa shape index (κ3) is 2.84. The Morgan fingerprint density at radius 1 is 1.21 bits per heavy atom. The normalized spacial score (nSPS) is 16.7. The molecule has 0 radical (unpaired) electrons. The molecule has 0 aliphatic carbocycles. The fraction of sp³-hybridized carbons (Fsp3) is 0.467. The molecule has 0 saturated carbocycles. The first-order valence-electron chi connectivity index (χ1n) is 6.97. The fourth-order valence-corrected chi connectivity index (χ4v) is 2.74. The lowest BCUT2D eigenvalue weighted by Gasteiger charge is -2.21. The molecule has 1 aliphatic heterocycles. The lowest BCUT2D eigenvalue weighted by atomic mass is 9.97. The van der Waals surface area contributed by atoms with E-state index >= 15 is 0 Å². The minimum atomic E-state index is 0.559. The Morgan fingerprint density at radius 2 is 1.95 bits per heavy atom. The van der Waals surface area contributed by atoms with Crippen molar-refractivity contribution >= 4 is 0 Å². The molecule has 0 atom stereocenters. The van der Waals surface area contributed by atoms with Crippen LogP contribution >= 0.6 is 0 Å². The molecule has 0 amide bonds. The number of aryl methyl sites for hydroxylation is 1. The van der Waals surface area contributed by atoms with Gasteiger partial charge in [-0.25, -0.2) is 4.98 Å². The summed E-state index contributed by atoms with van der Waals surface area (Å²) in [5, 5.41) is 7.96. The van der Waals surface area contributed by atoms with Crippen molar-refractivity contribution in [3.63, 3.8) is 0 Å². The molecule has 19 heavy (non-hydrogen) atoms. The number of hydrogen-bond acceptors (Lipinski definition) is 3. The Balaban J connectivity index is 1.77. The molecule has 1 N–H and O–H groups in total. The molecule has 4 nitrogen and oxygen atoms in total. The van der Waals surface area contributed by atoms with Crippen molar-refractivity contribution in [1.82, 2.24) is 20.1 Å². The third-order valence-corrected chi connectivity index (χ3v) is 3.75. The van der Waals surface area contributed by atoms with Gasteiger partial charge >= 0.3 is 0 Å². The van der Waals surface area contributed by atoms with Gasteiger partial charge in [-0.2, -0.15) is 5.10 Å². The van der Waals surface area contributed by atoms with E-state index in [4.69, 9.17) is 4.98 Å². The second-order valence-electron chi connectivity index (χ2n) is 5.20. The van der Waals surface area contributed by atoms with Gasteiger partial charge < -0.3 is 5.32 Å². The Kier molecular flexibility index (Phi) is 3.60. The Hall–Kier alpha value is -1.68. The predicted octanol–water partition coefficient (Wildman–Crippen LogP) is 1.87. The van der Waals surface area contributed by atoms with Gasteiger partial charge in [-0.15, -0.1) is 0 Å². The van der Waals surface area contributed by atoms with E-state index in [9.17, 15) is 0 Å². The predicted molar refractivity (Wildman–Crippen MR) is 75.1 cm³/mol. The van der Waals surface area contributed by atoms with Crippen LogP contribution in [0.1, 0.15) is 36.0 Å². The quantitative estimate of drug-likeness (QED) is 0.911. The van der Waals surface area contributed by atoms with Crippen molar-refractivity contribution in [3.05, 3.63) is 47.5 Å². The highest BCUT2D eigenvalue weighted by molar-refractivity contribution is 5.19. The maximum absolute atomic E-state index is 4.75. The van der Waals surface area contributed by atoms with Crippen LogP contribution in [0, 0.1) is 0 Å². The summed E-state index contributed by atoms with van der Waals surface area (Å²) in [5.74, 6) is 2.64. The zero-order valence-electron chi connectivity index (χ0n) is 11.3. The van der Waals surface area contributed by atoms with E-state index in [0.717, 1.165) is 44.0 Å². The summed E-state index contributed by atoms with van der Waals surface area (Å²) in [5.41, 5.74) is 1.27. The standard InChI is InChI=1S/C15H20N4/c1-19-15(13-7-9-16-10-8-13)17-14(18-19)11-12-5-3-2-4-6-12/h2-6,13,16H,7-11H2,1H3. The van der Waals surface area contributed by atoms with Crippen molar-refractivity contribution < 1.29 is 0 Å². The molecule has 1 aromatic heterocycles. The molecular formula is C15H20N4. The number of aromatic nitrogens is 3. The first kappa shape index (κ1) is 12.4. The largest absolute Gasteiger partial charge is 0.317 e. The number of hydrogen-bond donors (Lipinski definition) is 1. The van der Waals surface area contributed by atoms with Crippen LogP contribution in [0.25, 0.3) is 0 Å². The van der Waals surface area contributed by atoms with E-state index in [1.165, 1.54) is 5.56 Å². The molecule has 0 bridgehead atoms. The summed E-state index contributed by atoms with van der Waals surface area (Å²) in [6, 6.07) is 10.4. The van der Waals surface area contributed by atoms with E-state index < -0.39 is 0 Å². The van der Waals surface area contributed by atoms with Crippen molar-refractivity contribution in [2.45, 2.75) is 25.2 Å². The average Bonchev–Trinajstić information content (AvgIpc) is 2.82. The number of nitrogens with zero attached hydrogens (tertiary/aromatic N) is 3. The molecule has 0 spiro atoms. The van der Waals surface area contributed by atoms with Crippen molar-refractivity contribution in [2.24, 2.45) is 7.05 Å². The highest BCUT2D eigenvalue weighted by Gasteiger charge is 2.20. The number of piperidine rings is 1. The Morgan fingerprint density at radius 3 is 2.68 bits per heavy atom. The van der Waals surface area contributed by atoms with E-state index in [1.54, 1.807) is 0 Å². The summed E-state index contributed by atoms with van der Waals surface area (Å²) in [4.78, 5) is 4.75. The summed E-state index contributed by atoms with van der Waals surface area (Å²) >= 11 is 0. The minimum Gasteiger partial charge on any atom is -0.317 e. The molecule has 0 unspecified atom stereocenters. The van der Waals surface area contributed by atoms with Crippen molar-refractivity contribution in [1.29, 1.82) is 0 Å². The highest BCUT2D eigenvalue weighted by Crippen LogP contribution is 2.23. The van der Waals surface area contributed by atoms with Crippen LogP contribution in [0.15, 0.2) is 30.3 Å². The fourth-order valence-electron chi connectivity index (χ4n) is 2.74. The van der Waals surface area contributed by atoms with Gasteiger partial charge in [0.2, 0.25) is 0 Å². The zero-order valence-corrected chi connectivity index (χ0v) is 11.3. The van der Waals surface area contributed by atoms with Crippen LogP contribution in [0.3, 0.4) is 0 Å².